The van der Waals surface area contributed by atoms with E-state index in [0.717, 1.165) is 25.4 Å². The number of piperazine rings is 1. The molecule has 1 aromatic rings. The van der Waals surface area contributed by atoms with Crippen molar-refractivity contribution < 1.29 is 4.42 Å². The van der Waals surface area contributed by atoms with Crippen molar-refractivity contribution in [3.63, 3.8) is 0 Å². The molecule has 1 aliphatic rings. The first kappa shape index (κ1) is 13.6. The normalized spacial score (nSPS) is 24.3. The van der Waals surface area contributed by atoms with Crippen molar-refractivity contribution in [1.29, 1.82) is 0 Å². The van der Waals surface area contributed by atoms with Crippen molar-refractivity contribution in [3.05, 3.63) is 24.2 Å². The highest BCUT2D eigenvalue weighted by Gasteiger charge is 2.36. The lowest BCUT2D eigenvalue weighted by Gasteiger charge is -2.47. The van der Waals surface area contributed by atoms with E-state index in [-0.39, 0.29) is 5.54 Å². The Kier molecular flexibility index (Phi) is 4.46. The average molecular weight is 250 g/mol. The van der Waals surface area contributed by atoms with Crippen LogP contribution in [0.2, 0.25) is 0 Å². The molecule has 0 saturated carbocycles. The molecular weight excluding hydrogens is 224 g/mol. The number of rotatable bonds is 5. The Hall–Kier alpha value is -0.800. The van der Waals surface area contributed by atoms with Crippen LogP contribution in [0.5, 0.6) is 0 Å². The van der Waals surface area contributed by atoms with Crippen LogP contribution in [-0.2, 0) is 6.54 Å². The first-order chi connectivity index (χ1) is 8.73. The Morgan fingerprint density at radius 1 is 1.39 bits per heavy atom. The summed E-state index contributed by atoms with van der Waals surface area (Å²) in [6.45, 7) is 10.0. The monoisotopic (exact) mass is 250 g/mol. The Bertz CT molecular complexity index is 343. The van der Waals surface area contributed by atoms with Crippen LogP contribution >= 0.6 is 0 Å². The zero-order valence-corrected chi connectivity index (χ0v) is 11.9. The third kappa shape index (κ3) is 2.78. The molecule has 3 nitrogen and oxygen atoms in total. The van der Waals surface area contributed by atoms with Gasteiger partial charge in [-0.3, -0.25) is 4.90 Å². The highest BCUT2D eigenvalue weighted by atomic mass is 16.3. The molecule has 1 N–H and O–H groups in total. The van der Waals surface area contributed by atoms with Crippen molar-refractivity contribution >= 4 is 0 Å². The minimum Gasteiger partial charge on any atom is -0.468 e. The van der Waals surface area contributed by atoms with Gasteiger partial charge < -0.3 is 9.73 Å². The molecule has 102 valence electrons. The molecule has 1 saturated heterocycles. The molecule has 0 radical (unpaired) electrons. The van der Waals surface area contributed by atoms with Gasteiger partial charge in [0, 0.05) is 24.7 Å². The van der Waals surface area contributed by atoms with E-state index >= 15 is 0 Å². The second kappa shape index (κ2) is 5.89. The maximum absolute atomic E-state index is 5.50. The van der Waals surface area contributed by atoms with Gasteiger partial charge in [0.25, 0.3) is 0 Å². The van der Waals surface area contributed by atoms with E-state index in [1.54, 1.807) is 6.26 Å². The summed E-state index contributed by atoms with van der Waals surface area (Å²) in [6.07, 6.45) is 5.34. The summed E-state index contributed by atoms with van der Waals surface area (Å²) in [5, 5.41) is 3.77. The lowest BCUT2D eigenvalue weighted by molar-refractivity contribution is 0.0590. The summed E-state index contributed by atoms with van der Waals surface area (Å²) in [4.78, 5) is 2.59. The molecule has 1 aliphatic heterocycles. The number of hydrogen-bond acceptors (Lipinski definition) is 3. The van der Waals surface area contributed by atoms with E-state index in [0.29, 0.717) is 6.04 Å². The Balaban J connectivity index is 2.07. The predicted octanol–water partition coefficient (Wildman–Crippen LogP) is 3.02. The van der Waals surface area contributed by atoms with Crippen LogP contribution in [-0.4, -0.2) is 29.6 Å². The van der Waals surface area contributed by atoms with Gasteiger partial charge in [0.15, 0.2) is 0 Å². The van der Waals surface area contributed by atoms with Gasteiger partial charge in [0.2, 0.25) is 0 Å². The van der Waals surface area contributed by atoms with E-state index in [2.05, 4.69) is 37.1 Å². The largest absolute Gasteiger partial charge is 0.468 e. The van der Waals surface area contributed by atoms with Crippen molar-refractivity contribution in [2.24, 2.45) is 0 Å². The van der Waals surface area contributed by atoms with Crippen LogP contribution in [0.15, 0.2) is 22.8 Å². The topological polar surface area (TPSA) is 28.4 Å². The van der Waals surface area contributed by atoms with Gasteiger partial charge in [-0.1, -0.05) is 20.8 Å². The Morgan fingerprint density at radius 3 is 2.72 bits per heavy atom. The highest BCUT2D eigenvalue weighted by molar-refractivity contribution is 5.02. The van der Waals surface area contributed by atoms with Crippen LogP contribution in [0.25, 0.3) is 0 Å². The maximum Gasteiger partial charge on any atom is 0.117 e. The van der Waals surface area contributed by atoms with Gasteiger partial charge in [0.1, 0.15) is 5.76 Å². The van der Waals surface area contributed by atoms with Crippen LogP contribution in [0.1, 0.15) is 45.8 Å². The average Bonchev–Trinajstić information content (AvgIpc) is 2.91. The zero-order valence-electron chi connectivity index (χ0n) is 11.9. The standard InChI is InChI=1S/C15H26N2O/c1-4-13-10-16-15(5-2,6-3)12-17(13)11-14-8-7-9-18-14/h7-9,13,16H,4-6,10-12H2,1-3H3. The van der Waals surface area contributed by atoms with Gasteiger partial charge in [-0.25, -0.2) is 0 Å². The summed E-state index contributed by atoms with van der Waals surface area (Å²) in [6, 6.07) is 4.68. The molecule has 0 spiro atoms. The molecule has 2 heterocycles. The fourth-order valence-electron chi connectivity index (χ4n) is 2.95. The highest BCUT2D eigenvalue weighted by Crippen LogP contribution is 2.25. The first-order valence-corrected chi connectivity index (χ1v) is 7.24. The van der Waals surface area contributed by atoms with E-state index in [1.165, 1.54) is 19.3 Å². The molecule has 0 bridgehead atoms. The molecule has 1 unspecified atom stereocenters. The van der Waals surface area contributed by atoms with Gasteiger partial charge >= 0.3 is 0 Å². The van der Waals surface area contributed by atoms with E-state index in [1.807, 2.05) is 6.07 Å². The third-order valence-electron chi connectivity index (χ3n) is 4.50. The van der Waals surface area contributed by atoms with Crippen LogP contribution in [0.3, 0.4) is 0 Å². The summed E-state index contributed by atoms with van der Waals surface area (Å²) >= 11 is 0. The zero-order chi connectivity index (χ0) is 13.0. The molecule has 2 rings (SSSR count). The number of nitrogens with zero attached hydrogens (tertiary/aromatic N) is 1. The lowest BCUT2D eigenvalue weighted by Crippen LogP contribution is -2.63. The molecule has 0 aromatic carbocycles. The lowest BCUT2D eigenvalue weighted by atomic mass is 9.88. The number of furan rings is 1. The second-order valence-electron chi connectivity index (χ2n) is 5.41. The SMILES string of the molecule is CCC1CNC(CC)(CC)CN1Cc1ccco1. The molecule has 1 fully saturated rings. The molecular formula is C15H26N2O. The maximum atomic E-state index is 5.50. The summed E-state index contributed by atoms with van der Waals surface area (Å²) in [7, 11) is 0. The molecule has 0 aliphatic carbocycles. The molecule has 18 heavy (non-hydrogen) atoms. The Morgan fingerprint density at radius 2 is 2.17 bits per heavy atom. The van der Waals surface area contributed by atoms with Gasteiger partial charge in [-0.05, 0) is 31.4 Å². The van der Waals surface area contributed by atoms with Gasteiger partial charge in [-0.2, -0.15) is 0 Å². The number of hydrogen-bond donors (Lipinski definition) is 1. The summed E-state index contributed by atoms with van der Waals surface area (Å²) in [5.41, 5.74) is 0.290. The predicted molar refractivity (Wildman–Crippen MR) is 74.5 cm³/mol. The van der Waals surface area contributed by atoms with Crippen LogP contribution < -0.4 is 5.32 Å². The van der Waals surface area contributed by atoms with E-state index in [4.69, 9.17) is 4.42 Å². The Labute approximate surface area is 111 Å². The smallest absolute Gasteiger partial charge is 0.117 e. The minimum absolute atomic E-state index is 0.290. The molecule has 1 aromatic heterocycles. The van der Waals surface area contributed by atoms with Crippen LogP contribution in [0.4, 0.5) is 0 Å². The summed E-state index contributed by atoms with van der Waals surface area (Å²) in [5.74, 6) is 1.08. The second-order valence-corrected chi connectivity index (χ2v) is 5.41. The van der Waals surface area contributed by atoms with Crippen molar-refractivity contribution in [2.75, 3.05) is 13.1 Å². The third-order valence-corrected chi connectivity index (χ3v) is 4.50. The molecule has 3 heteroatoms. The fraction of sp³-hybridized carbons (Fsp3) is 0.733. The first-order valence-electron chi connectivity index (χ1n) is 7.24. The van der Waals surface area contributed by atoms with Crippen molar-refractivity contribution in [2.45, 2.75) is 58.2 Å². The molecule has 1 atom stereocenters. The molecule has 0 amide bonds. The van der Waals surface area contributed by atoms with Crippen molar-refractivity contribution in [3.8, 4) is 0 Å². The quantitative estimate of drug-likeness (QED) is 0.870. The van der Waals surface area contributed by atoms with E-state index < -0.39 is 0 Å². The number of nitrogens with one attached hydrogen (secondary N) is 1. The fourth-order valence-corrected chi connectivity index (χ4v) is 2.95. The van der Waals surface area contributed by atoms with Crippen LogP contribution in [0, 0.1) is 0 Å². The van der Waals surface area contributed by atoms with Gasteiger partial charge in [0.05, 0.1) is 12.8 Å². The summed E-state index contributed by atoms with van der Waals surface area (Å²) < 4.78 is 5.50. The van der Waals surface area contributed by atoms with Gasteiger partial charge in [-0.15, -0.1) is 0 Å². The minimum atomic E-state index is 0.290. The van der Waals surface area contributed by atoms with E-state index in [9.17, 15) is 0 Å². The van der Waals surface area contributed by atoms with Crippen molar-refractivity contribution in [1.82, 2.24) is 10.2 Å².